The Morgan fingerprint density at radius 1 is 1.35 bits per heavy atom. The highest BCUT2D eigenvalue weighted by Gasteiger charge is 2.24. The van der Waals surface area contributed by atoms with Crippen LogP contribution in [0.15, 0.2) is 28.7 Å². The van der Waals surface area contributed by atoms with Gasteiger partial charge in [0.25, 0.3) is 6.01 Å². The van der Waals surface area contributed by atoms with E-state index in [9.17, 15) is 8.76 Å². The minimum Gasteiger partial charge on any atom is -0.424 e. The Kier molecular flexibility index (Phi) is 5.30. The Morgan fingerprint density at radius 2 is 2.09 bits per heavy atom. The normalized spacial score (nSPS) is 23.3. The van der Waals surface area contributed by atoms with Crippen LogP contribution in [0.1, 0.15) is 32.6 Å². The predicted octanol–water partition coefficient (Wildman–Crippen LogP) is 3.26. The number of oxazole rings is 1. The van der Waals surface area contributed by atoms with Crippen LogP contribution in [0, 0.1) is 5.92 Å². The number of rotatable bonds is 6. The van der Waals surface area contributed by atoms with Crippen molar-refractivity contribution < 1.29 is 13.2 Å². The fourth-order valence-corrected chi connectivity index (χ4v) is 3.75. The monoisotopic (exact) mass is 337 g/mol. The first-order valence-electron chi connectivity index (χ1n) is 8.13. The average molecular weight is 337 g/mol. The Hall–Kier alpha value is -1.44. The molecule has 23 heavy (non-hydrogen) atoms. The molecule has 0 spiro atoms. The summed E-state index contributed by atoms with van der Waals surface area (Å²) < 4.78 is 27.7. The molecular formula is C16H23N3O3S. The summed E-state index contributed by atoms with van der Waals surface area (Å²) in [6.07, 6.45) is 4.15. The molecule has 6 nitrogen and oxygen atoms in total. The lowest BCUT2D eigenvalue weighted by Gasteiger charge is -2.30. The summed E-state index contributed by atoms with van der Waals surface area (Å²) >= 11 is -1.86. The minimum absolute atomic E-state index is 0.356. The smallest absolute Gasteiger partial charge is 0.295 e. The molecule has 0 aliphatic heterocycles. The lowest BCUT2D eigenvalue weighted by atomic mass is 9.86. The topological polar surface area (TPSA) is 78.6 Å². The number of hydrogen-bond donors (Lipinski definition) is 2. The van der Waals surface area contributed by atoms with Crippen molar-refractivity contribution >= 4 is 28.4 Å². The molecule has 7 heteroatoms. The summed E-state index contributed by atoms with van der Waals surface area (Å²) in [5.41, 5.74) is 1.67. The van der Waals surface area contributed by atoms with Gasteiger partial charge in [-0.2, -0.15) is 4.98 Å². The van der Waals surface area contributed by atoms with E-state index in [4.69, 9.17) is 4.42 Å². The molecule has 0 saturated heterocycles. The highest BCUT2D eigenvalue weighted by Crippen LogP contribution is 2.28. The molecule has 1 heterocycles. The third-order valence-electron chi connectivity index (χ3n) is 4.50. The number of para-hydroxylation sites is 2. The van der Waals surface area contributed by atoms with Crippen molar-refractivity contribution in [1.29, 1.82) is 0 Å². The number of anilines is 1. The molecule has 0 bridgehead atoms. The van der Waals surface area contributed by atoms with Crippen LogP contribution in [-0.2, 0) is 11.3 Å². The lowest BCUT2D eigenvalue weighted by Crippen LogP contribution is -2.35. The van der Waals surface area contributed by atoms with Crippen molar-refractivity contribution in [3.05, 3.63) is 24.3 Å². The molecule has 0 radical (unpaired) electrons. The van der Waals surface area contributed by atoms with E-state index in [1.807, 2.05) is 31.2 Å². The molecular weight excluding hydrogens is 314 g/mol. The van der Waals surface area contributed by atoms with Gasteiger partial charge in [0.2, 0.25) is 11.3 Å². The summed E-state index contributed by atoms with van der Waals surface area (Å²) in [7, 11) is 0. The number of benzene rings is 1. The van der Waals surface area contributed by atoms with E-state index in [2.05, 4.69) is 10.3 Å². The minimum atomic E-state index is -1.86. The van der Waals surface area contributed by atoms with Crippen molar-refractivity contribution in [2.24, 2.45) is 5.92 Å². The molecule has 1 aliphatic carbocycles. The number of hydrogen-bond acceptors (Lipinski definition) is 4. The zero-order valence-corrected chi connectivity index (χ0v) is 14.1. The van der Waals surface area contributed by atoms with E-state index in [1.165, 1.54) is 0 Å². The van der Waals surface area contributed by atoms with Gasteiger partial charge in [-0.3, -0.25) is 4.55 Å². The van der Waals surface area contributed by atoms with Crippen LogP contribution in [0.5, 0.6) is 0 Å². The largest absolute Gasteiger partial charge is 0.424 e. The lowest BCUT2D eigenvalue weighted by molar-refractivity contribution is 0.271. The zero-order chi connectivity index (χ0) is 16.2. The molecule has 1 unspecified atom stereocenters. The predicted molar refractivity (Wildman–Crippen MR) is 91.4 cm³/mol. The number of nitrogens with zero attached hydrogens (tertiary/aromatic N) is 2. The van der Waals surface area contributed by atoms with E-state index >= 15 is 0 Å². The maximum atomic E-state index is 11.2. The second kappa shape index (κ2) is 7.42. The Morgan fingerprint density at radius 3 is 2.74 bits per heavy atom. The first-order valence-corrected chi connectivity index (χ1v) is 9.20. The van der Waals surface area contributed by atoms with Gasteiger partial charge in [0.1, 0.15) is 5.52 Å². The zero-order valence-electron chi connectivity index (χ0n) is 13.3. The van der Waals surface area contributed by atoms with Crippen molar-refractivity contribution in [1.82, 2.24) is 9.29 Å². The van der Waals surface area contributed by atoms with Crippen molar-refractivity contribution in [3.8, 4) is 0 Å². The van der Waals surface area contributed by atoms with Gasteiger partial charge in [-0.1, -0.05) is 19.1 Å². The molecule has 1 aromatic carbocycles. The van der Waals surface area contributed by atoms with E-state index in [0.717, 1.165) is 36.8 Å². The highest BCUT2D eigenvalue weighted by molar-refractivity contribution is 7.76. The van der Waals surface area contributed by atoms with Crippen molar-refractivity contribution in [3.63, 3.8) is 0 Å². The van der Waals surface area contributed by atoms with Gasteiger partial charge < -0.3 is 9.73 Å². The molecule has 2 N–H and O–H groups in total. The second-order valence-corrected chi connectivity index (χ2v) is 7.04. The molecule has 1 saturated carbocycles. The van der Waals surface area contributed by atoms with Gasteiger partial charge in [-0.05, 0) is 43.7 Å². The van der Waals surface area contributed by atoms with Crippen LogP contribution < -0.4 is 5.32 Å². The van der Waals surface area contributed by atoms with E-state index in [1.54, 1.807) is 4.31 Å². The van der Waals surface area contributed by atoms with Gasteiger partial charge in [0.05, 0.1) is 0 Å². The third-order valence-corrected chi connectivity index (χ3v) is 5.35. The molecule has 1 aliphatic rings. The fraction of sp³-hybridized carbons (Fsp3) is 0.562. The summed E-state index contributed by atoms with van der Waals surface area (Å²) in [5, 5.41) is 3.38. The van der Waals surface area contributed by atoms with Crippen LogP contribution >= 0.6 is 0 Å². The first-order chi connectivity index (χ1) is 11.2. The van der Waals surface area contributed by atoms with Crippen molar-refractivity contribution in [2.45, 2.75) is 38.6 Å². The van der Waals surface area contributed by atoms with Crippen LogP contribution in [0.4, 0.5) is 6.01 Å². The Balaban J connectivity index is 1.52. The third kappa shape index (κ3) is 4.10. The maximum Gasteiger partial charge on any atom is 0.295 e. The molecule has 2 aromatic rings. The Labute approximate surface area is 138 Å². The summed E-state index contributed by atoms with van der Waals surface area (Å²) in [6.45, 7) is 3.20. The van der Waals surface area contributed by atoms with Gasteiger partial charge in [-0.15, -0.1) is 0 Å². The average Bonchev–Trinajstić information content (AvgIpc) is 2.96. The number of nitrogens with one attached hydrogen (secondary N) is 1. The van der Waals surface area contributed by atoms with Gasteiger partial charge in [0, 0.05) is 19.1 Å². The summed E-state index contributed by atoms with van der Waals surface area (Å²) in [5.74, 6) is 0.479. The van der Waals surface area contributed by atoms with Crippen molar-refractivity contribution in [2.75, 3.05) is 18.4 Å². The number of aromatic nitrogens is 1. The van der Waals surface area contributed by atoms with Gasteiger partial charge in [0.15, 0.2) is 5.58 Å². The molecule has 1 aromatic heterocycles. The Bertz CT molecular complexity index is 634. The first kappa shape index (κ1) is 16.4. The number of fused-ring (bicyclic) bond motifs is 1. The quantitative estimate of drug-likeness (QED) is 0.791. The molecule has 126 valence electrons. The van der Waals surface area contributed by atoms with E-state index in [0.29, 0.717) is 31.1 Å². The van der Waals surface area contributed by atoms with Gasteiger partial charge >= 0.3 is 0 Å². The molecule has 0 amide bonds. The highest BCUT2D eigenvalue weighted by atomic mass is 32.2. The van der Waals surface area contributed by atoms with Gasteiger partial charge in [-0.25, -0.2) is 8.51 Å². The SMILES string of the molecule is CCN(CC1CCC(Nc2nc3ccccc3o2)CC1)S(=O)O. The maximum absolute atomic E-state index is 11.2. The standard InChI is InChI=1S/C16H23N3O3S/c1-2-19(23(20)21)11-12-7-9-13(10-8-12)17-16-18-14-5-3-4-6-15(14)22-16/h3-6,12-13H,2,7-11H2,1H3,(H,17,18)(H,20,21). The van der Waals surface area contributed by atoms with Crippen LogP contribution in [0.2, 0.25) is 0 Å². The summed E-state index contributed by atoms with van der Waals surface area (Å²) in [6, 6.07) is 8.68. The van der Waals surface area contributed by atoms with E-state index in [-0.39, 0.29) is 0 Å². The van der Waals surface area contributed by atoms with Crippen LogP contribution in [0.3, 0.4) is 0 Å². The molecule has 1 atom stereocenters. The molecule has 1 fully saturated rings. The summed E-state index contributed by atoms with van der Waals surface area (Å²) in [4.78, 5) is 4.45. The van der Waals surface area contributed by atoms with E-state index < -0.39 is 11.3 Å². The van der Waals surface area contributed by atoms with Crippen LogP contribution in [0.25, 0.3) is 11.1 Å². The molecule has 3 rings (SSSR count). The second-order valence-electron chi connectivity index (χ2n) is 6.06. The van der Waals surface area contributed by atoms with Crippen LogP contribution in [-0.4, -0.2) is 37.2 Å². The fourth-order valence-electron chi connectivity index (χ4n) is 3.19.